The number of aromatic hydroxyl groups is 1. The fourth-order valence-corrected chi connectivity index (χ4v) is 7.41. The zero-order valence-electron chi connectivity index (χ0n) is 15.2. The highest BCUT2D eigenvalue weighted by Crippen LogP contribution is 2.65. The van der Waals surface area contributed by atoms with Crippen molar-refractivity contribution in [2.45, 2.75) is 43.9 Å². The van der Waals surface area contributed by atoms with E-state index in [2.05, 4.69) is 17.1 Å². The van der Waals surface area contributed by atoms with E-state index in [0.717, 1.165) is 19.3 Å². The summed E-state index contributed by atoms with van der Waals surface area (Å²) in [7, 11) is -3.69. The van der Waals surface area contributed by atoms with Gasteiger partial charge in [0.05, 0.1) is 5.75 Å². The Bertz CT molecular complexity index is 837. The molecule has 5 rings (SSSR count). The van der Waals surface area contributed by atoms with Gasteiger partial charge in [-0.1, -0.05) is 12.1 Å². The second-order valence-electron chi connectivity index (χ2n) is 8.79. The average molecular weight is 411 g/mol. The van der Waals surface area contributed by atoms with Crippen LogP contribution in [0.4, 0.5) is 0 Å². The van der Waals surface area contributed by atoms with E-state index in [1.807, 2.05) is 0 Å². The van der Waals surface area contributed by atoms with Crippen LogP contribution >= 0.6 is 10.8 Å². The lowest BCUT2D eigenvalue weighted by Crippen LogP contribution is -2.55. The highest BCUT2D eigenvalue weighted by atomic mass is 33.1. The SMILES string of the molecule is NC(CSS(=O)(=O)O)=NCC12CC3CC(C1)CC(c1ccc(O)cc1)(C3)C2. The fourth-order valence-electron chi connectivity index (χ4n) is 6.24. The lowest BCUT2D eigenvalue weighted by atomic mass is 9.43. The number of phenolic OH excluding ortho intramolecular Hbond substituents is 1. The molecule has 0 aliphatic heterocycles. The second-order valence-corrected chi connectivity index (χ2v) is 12.1. The summed E-state index contributed by atoms with van der Waals surface area (Å²) >= 11 is 0. The van der Waals surface area contributed by atoms with Crippen LogP contribution in [0.3, 0.4) is 0 Å². The van der Waals surface area contributed by atoms with Gasteiger partial charge in [0.2, 0.25) is 0 Å². The number of hydrogen-bond donors (Lipinski definition) is 3. The van der Waals surface area contributed by atoms with Crippen LogP contribution in [-0.4, -0.2) is 36.2 Å². The summed E-state index contributed by atoms with van der Waals surface area (Å²) in [6.45, 7) is 0.623. The van der Waals surface area contributed by atoms with Gasteiger partial charge in [0.25, 0.3) is 0 Å². The Morgan fingerprint density at radius 3 is 2.41 bits per heavy atom. The zero-order valence-corrected chi connectivity index (χ0v) is 16.8. The Labute approximate surface area is 163 Å². The van der Waals surface area contributed by atoms with Gasteiger partial charge in [-0.25, -0.2) is 0 Å². The minimum atomic E-state index is -4.10. The molecule has 0 spiro atoms. The van der Waals surface area contributed by atoms with Gasteiger partial charge in [0.15, 0.2) is 0 Å². The van der Waals surface area contributed by atoms with Crippen molar-refractivity contribution in [3.8, 4) is 5.75 Å². The molecule has 6 nitrogen and oxygen atoms in total. The van der Waals surface area contributed by atoms with Crippen molar-refractivity contribution in [3.63, 3.8) is 0 Å². The summed E-state index contributed by atoms with van der Waals surface area (Å²) < 4.78 is 30.6. The molecule has 148 valence electrons. The molecule has 0 saturated heterocycles. The van der Waals surface area contributed by atoms with Crippen LogP contribution in [0.5, 0.6) is 5.75 Å². The van der Waals surface area contributed by atoms with Gasteiger partial charge in [-0.15, -0.1) is 0 Å². The lowest BCUT2D eigenvalue weighted by molar-refractivity contribution is -0.0664. The molecule has 4 saturated carbocycles. The number of phenols is 1. The third-order valence-corrected chi connectivity index (χ3v) is 8.59. The molecule has 2 unspecified atom stereocenters. The predicted octanol–water partition coefficient (Wildman–Crippen LogP) is 3.12. The van der Waals surface area contributed by atoms with Crippen LogP contribution in [0.15, 0.2) is 29.3 Å². The number of aliphatic imine (C=N–C) groups is 1. The summed E-state index contributed by atoms with van der Waals surface area (Å²) in [5.74, 6) is 1.96. The van der Waals surface area contributed by atoms with Crippen molar-refractivity contribution in [2.24, 2.45) is 28.0 Å². The number of nitrogens with zero attached hydrogens (tertiary/aromatic N) is 1. The largest absolute Gasteiger partial charge is 0.508 e. The molecule has 0 heterocycles. The monoisotopic (exact) mass is 410 g/mol. The molecule has 4 fully saturated rings. The molecule has 0 aromatic heterocycles. The third-order valence-electron chi connectivity index (χ3n) is 6.64. The summed E-state index contributed by atoms with van der Waals surface area (Å²) in [4.78, 5) is 4.51. The van der Waals surface area contributed by atoms with Crippen LogP contribution < -0.4 is 5.73 Å². The number of nitrogens with two attached hydrogens (primary N) is 1. The number of hydrogen-bond acceptors (Lipinski definition) is 5. The Morgan fingerprint density at radius 2 is 1.81 bits per heavy atom. The standard InChI is InChI=1S/C19H26N2O4S2/c20-17(10-26-27(23,24)25)21-12-18-6-13-5-14(7-18)9-19(8-13,11-18)15-1-3-16(22)4-2-15/h1-4,13-14,22H,5-12H2,(H2,20,21)(H,23,24,25). The lowest BCUT2D eigenvalue weighted by Gasteiger charge is -2.62. The van der Waals surface area contributed by atoms with Gasteiger partial charge in [-0.2, -0.15) is 8.42 Å². The van der Waals surface area contributed by atoms with E-state index >= 15 is 0 Å². The maximum absolute atomic E-state index is 10.9. The quantitative estimate of drug-likeness (QED) is 0.287. The van der Waals surface area contributed by atoms with Crippen LogP contribution in [0, 0.1) is 17.3 Å². The van der Waals surface area contributed by atoms with E-state index in [0.29, 0.717) is 34.9 Å². The Balaban J connectivity index is 1.54. The maximum Gasteiger partial charge on any atom is 0.320 e. The average Bonchev–Trinajstić information content (AvgIpc) is 2.57. The van der Waals surface area contributed by atoms with Crippen LogP contribution in [0.1, 0.15) is 44.1 Å². The van der Waals surface area contributed by atoms with Crippen molar-refractivity contribution in [1.29, 1.82) is 0 Å². The first kappa shape index (κ1) is 19.1. The summed E-state index contributed by atoms with van der Waals surface area (Å²) in [5.41, 5.74) is 7.49. The second kappa shape index (κ2) is 6.67. The predicted molar refractivity (Wildman–Crippen MR) is 107 cm³/mol. The molecule has 8 heteroatoms. The van der Waals surface area contributed by atoms with Gasteiger partial charge >= 0.3 is 9.15 Å². The van der Waals surface area contributed by atoms with Crippen molar-refractivity contribution < 1.29 is 18.1 Å². The molecule has 4 bridgehead atoms. The summed E-state index contributed by atoms with van der Waals surface area (Å²) in [6, 6.07) is 7.69. The minimum Gasteiger partial charge on any atom is -0.508 e. The maximum atomic E-state index is 10.9. The van der Waals surface area contributed by atoms with E-state index in [-0.39, 0.29) is 22.4 Å². The van der Waals surface area contributed by atoms with Crippen molar-refractivity contribution in [3.05, 3.63) is 29.8 Å². The number of amidine groups is 1. The van der Waals surface area contributed by atoms with Gasteiger partial charge in [0.1, 0.15) is 11.6 Å². The molecule has 4 aliphatic carbocycles. The Kier molecular flexibility index (Phi) is 4.71. The molecule has 2 atom stereocenters. The van der Waals surface area contributed by atoms with Crippen LogP contribution in [0.25, 0.3) is 0 Å². The molecule has 1 aromatic rings. The molecular formula is C19H26N2O4S2. The molecule has 4 N–H and O–H groups in total. The smallest absolute Gasteiger partial charge is 0.320 e. The first-order chi connectivity index (χ1) is 12.7. The van der Waals surface area contributed by atoms with Crippen molar-refractivity contribution in [1.82, 2.24) is 0 Å². The van der Waals surface area contributed by atoms with E-state index in [9.17, 15) is 13.5 Å². The first-order valence-corrected chi connectivity index (χ1v) is 12.3. The van der Waals surface area contributed by atoms with Gasteiger partial charge < -0.3 is 10.8 Å². The normalized spacial score (nSPS) is 35.5. The van der Waals surface area contributed by atoms with Gasteiger partial charge in [-0.05, 0) is 78.9 Å². The molecule has 1 aromatic carbocycles. The topological polar surface area (TPSA) is 113 Å². The van der Waals surface area contributed by atoms with E-state index < -0.39 is 9.15 Å². The minimum absolute atomic E-state index is 0.00905. The van der Waals surface area contributed by atoms with E-state index in [1.165, 1.54) is 24.8 Å². The molecule has 0 amide bonds. The summed E-state index contributed by atoms with van der Waals surface area (Å²) in [5, 5.41) is 9.65. The Morgan fingerprint density at radius 1 is 1.19 bits per heavy atom. The van der Waals surface area contributed by atoms with Gasteiger partial charge in [0, 0.05) is 17.3 Å². The zero-order chi connectivity index (χ0) is 19.3. The number of benzene rings is 1. The molecular weight excluding hydrogens is 384 g/mol. The van der Waals surface area contributed by atoms with Crippen LogP contribution in [-0.2, 0) is 14.6 Å². The summed E-state index contributed by atoms with van der Waals surface area (Å²) in [6.07, 6.45) is 7.08. The highest BCUT2D eigenvalue weighted by molar-refractivity contribution is 8.70. The van der Waals surface area contributed by atoms with E-state index in [1.54, 1.807) is 12.1 Å². The fraction of sp³-hybridized carbons (Fsp3) is 0.632. The molecule has 27 heavy (non-hydrogen) atoms. The highest BCUT2D eigenvalue weighted by Gasteiger charge is 2.57. The van der Waals surface area contributed by atoms with Crippen LogP contribution in [0.2, 0.25) is 0 Å². The van der Waals surface area contributed by atoms with Crippen molar-refractivity contribution in [2.75, 3.05) is 12.3 Å². The molecule has 0 radical (unpaired) electrons. The molecule has 4 aliphatic rings. The van der Waals surface area contributed by atoms with E-state index in [4.69, 9.17) is 10.3 Å². The van der Waals surface area contributed by atoms with Crippen molar-refractivity contribution >= 4 is 25.8 Å². The number of rotatable bonds is 6. The Hall–Kier alpha value is -1.25. The third kappa shape index (κ3) is 3.98. The van der Waals surface area contributed by atoms with Gasteiger partial charge in [-0.3, -0.25) is 9.55 Å². The first-order valence-electron chi connectivity index (χ1n) is 9.37.